The molecule has 1 saturated heterocycles. The van der Waals surface area contributed by atoms with E-state index < -0.39 is 5.41 Å². The van der Waals surface area contributed by atoms with Gasteiger partial charge >= 0.3 is 0 Å². The first-order chi connectivity index (χ1) is 11.4. The van der Waals surface area contributed by atoms with Crippen molar-refractivity contribution < 1.29 is 9.59 Å². The molecular formula is C16H18Cl2N4O2. The van der Waals surface area contributed by atoms with Crippen LogP contribution in [0, 0.1) is 5.41 Å². The zero-order valence-electron chi connectivity index (χ0n) is 13.5. The van der Waals surface area contributed by atoms with Gasteiger partial charge in [-0.15, -0.1) is 0 Å². The standard InChI is InChI=1S/C16H18Cl2N4O2/c1-3-16(4-2)13(23)20-15-19-8-21(9-22(15)14(16)24)11-7-5-6-10(17)12(11)18/h5-7H,3-4,8-9H2,1-2H3,(H,19,20,23). The number of carbonyl (C=O) groups excluding carboxylic acids is 2. The molecule has 2 amide bonds. The van der Waals surface area contributed by atoms with E-state index in [4.69, 9.17) is 23.2 Å². The number of aliphatic imine (C=N–C) groups is 1. The molecule has 8 heteroatoms. The molecular weight excluding hydrogens is 351 g/mol. The summed E-state index contributed by atoms with van der Waals surface area (Å²) in [5.41, 5.74) is -0.338. The van der Waals surface area contributed by atoms with E-state index in [1.54, 1.807) is 12.1 Å². The van der Waals surface area contributed by atoms with Gasteiger partial charge in [-0.1, -0.05) is 43.1 Å². The lowest BCUT2D eigenvalue weighted by molar-refractivity contribution is -0.151. The highest BCUT2D eigenvalue weighted by atomic mass is 35.5. The Morgan fingerprint density at radius 2 is 1.96 bits per heavy atom. The summed E-state index contributed by atoms with van der Waals surface area (Å²) in [6.07, 6.45) is 0.881. The van der Waals surface area contributed by atoms with Crippen molar-refractivity contribution >= 4 is 46.7 Å². The lowest BCUT2D eigenvalue weighted by Gasteiger charge is -2.44. The van der Waals surface area contributed by atoms with Crippen molar-refractivity contribution in [1.82, 2.24) is 10.2 Å². The largest absolute Gasteiger partial charge is 0.332 e. The number of amides is 2. The fourth-order valence-electron chi connectivity index (χ4n) is 3.13. The molecule has 0 radical (unpaired) electrons. The Bertz CT molecular complexity index is 731. The van der Waals surface area contributed by atoms with Crippen molar-refractivity contribution in [2.75, 3.05) is 18.2 Å². The predicted octanol–water partition coefficient (Wildman–Crippen LogP) is 2.85. The number of hydrogen-bond acceptors (Lipinski definition) is 4. The van der Waals surface area contributed by atoms with Crippen molar-refractivity contribution in [3.8, 4) is 0 Å². The number of rotatable bonds is 3. The van der Waals surface area contributed by atoms with Crippen LogP contribution in [0.15, 0.2) is 23.2 Å². The molecule has 0 saturated carbocycles. The molecule has 6 nitrogen and oxygen atoms in total. The maximum Gasteiger partial charge on any atom is 0.246 e. The van der Waals surface area contributed by atoms with Crippen molar-refractivity contribution in [3.05, 3.63) is 28.2 Å². The molecule has 0 aromatic heterocycles. The number of benzene rings is 1. The molecule has 2 aliphatic rings. The molecule has 1 aromatic rings. The molecule has 0 spiro atoms. The number of nitrogens with zero attached hydrogens (tertiary/aromatic N) is 3. The van der Waals surface area contributed by atoms with Crippen LogP contribution in [0.5, 0.6) is 0 Å². The average Bonchev–Trinajstić information content (AvgIpc) is 2.58. The van der Waals surface area contributed by atoms with Gasteiger partial charge in [0.05, 0.1) is 15.7 Å². The summed E-state index contributed by atoms with van der Waals surface area (Å²) in [5, 5.41) is 3.63. The lowest BCUT2D eigenvalue weighted by Crippen LogP contribution is -2.67. The molecule has 24 heavy (non-hydrogen) atoms. The third-order valence-corrected chi connectivity index (χ3v) is 5.56. The predicted molar refractivity (Wildman–Crippen MR) is 94.1 cm³/mol. The maximum atomic E-state index is 13.0. The lowest BCUT2D eigenvalue weighted by atomic mass is 9.78. The summed E-state index contributed by atoms with van der Waals surface area (Å²) in [7, 11) is 0. The monoisotopic (exact) mass is 368 g/mol. The Balaban J connectivity index is 1.95. The van der Waals surface area contributed by atoms with E-state index in [0.717, 1.165) is 0 Å². The van der Waals surface area contributed by atoms with Crippen LogP contribution in [0.25, 0.3) is 0 Å². The van der Waals surface area contributed by atoms with E-state index in [-0.39, 0.29) is 25.2 Å². The molecule has 2 aliphatic heterocycles. The van der Waals surface area contributed by atoms with Gasteiger partial charge in [0.15, 0.2) is 0 Å². The van der Waals surface area contributed by atoms with Crippen molar-refractivity contribution in [3.63, 3.8) is 0 Å². The molecule has 0 atom stereocenters. The zero-order valence-corrected chi connectivity index (χ0v) is 15.0. The summed E-state index contributed by atoms with van der Waals surface area (Å²) >= 11 is 12.4. The topological polar surface area (TPSA) is 65.0 Å². The number of hydrogen-bond donors (Lipinski definition) is 1. The number of fused-ring (bicyclic) bond motifs is 1. The summed E-state index contributed by atoms with van der Waals surface area (Å²) < 4.78 is 0. The maximum absolute atomic E-state index is 13.0. The molecule has 128 valence electrons. The first-order valence-electron chi connectivity index (χ1n) is 7.81. The van der Waals surface area contributed by atoms with Gasteiger partial charge in [-0.3, -0.25) is 19.8 Å². The Kier molecular flexibility index (Phi) is 4.44. The van der Waals surface area contributed by atoms with Crippen LogP contribution in [0.3, 0.4) is 0 Å². The number of guanidine groups is 1. The smallest absolute Gasteiger partial charge is 0.246 e. The number of halogens is 2. The van der Waals surface area contributed by atoms with Crippen LogP contribution >= 0.6 is 23.2 Å². The van der Waals surface area contributed by atoms with Crippen LogP contribution in [0.4, 0.5) is 5.69 Å². The van der Waals surface area contributed by atoms with Crippen molar-refractivity contribution in [2.45, 2.75) is 26.7 Å². The Morgan fingerprint density at radius 3 is 2.62 bits per heavy atom. The van der Waals surface area contributed by atoms with Crippen LogP contribution in [0.1, 0.15) is 26.7 Å². The number of carbonyl (C=O) groups is 2. The average molecular weight is 369 g/mol. The van der Waals surface area contributed by atoms with E-state index >= 15 is 0 Å². The van der Waals surface area contributed by atoms with Gasteiger partial charge in [0, 0.05) is 0 Å². The molecule has 1 N–H and O–H groups in total. The van der Waals surface area contributed by atoms with Gasteiger partial charge in [-0.05, 0) is 25.0 Å². The van der Waals surface area contributed by atoms with E-state index in [9.17, 15) is 9.59 Å². The van der Waals surface area contributed by atoms with E-state index in [1.807, 2.05) is 24.8 Å². The molecule has 0 aliphatic carbocycles. The first-order valence-corrected chi connectivity index (χ1v) is 8.57. The molecule has 1 aromatic carbocycles. The van der Waals surface area contributed by atoms with Gasteiger partial charge in [-0.25, -0.2) is 4.99 Å². The Hall–Kier alpha value is -1.79. The highest BCUT2D eigenvalue weighted by Crippen LogP contribution is 2.36. The summed E-state index contributed by atoms with van der Waals surface area (Å²) in [6.45, 7) is 4.24. The highest BCUT2D eigenvalue weighted by molar-refractivity contribution is 6.43. The van der Waals surface area contributed by atoms with Crippen LogP contribution in [0.2, 0.25) is 10.0 Å². The van der Waals surface area contributed by atoms with E-state index in [0.29, 0.717) is 34.5 Å². The van der Waals surface area contributed by atoms with Gasteiger partial charge in [0.1, 0.15) is 18.8 Å². The highest BCUT2D eigenvalue weighted by Gasteiger charge is 2.51. The third kappa shape index (κ3) is 2.45. The van der Waals surface area contributed by atoms with Crippen LogP contribution in [-0.2, 0) is 9.59 Å². The second-order valence-electron chi connectivity index (χ2n) is 5.85. The van der Waals surface area contributed by atoms with Crippen LogP contribution in [-0.4, -0.2) is 36.0 Å². The van der Waals surface area contributed by atoms with Gasteiger partial charge in [0.25, 0.3) is 0 Å². The third-order valence-electron chi connectivity index (χ3n) is 4.75. The van der Waals surface area contributed by atoms with E-state index in [2.05, 4.69) is 10.3 Å². The minimum Gasteiger partial charge on any atom is -0.332 e. The first kappa shape index (κ1) is 17.0. The normalized spacial score (nSPS) is 19.8. The van der Waals surface area contributed by atoms with Crippen molar-refractivity contribution in [1.29, 1.82) is 0 Å². The van der Waals surface area contributed by atoms with Gasteiger partial charge < -0.3 is 4.90 Å². The molecule has 0 bridgehead atoms. The molecule has 2 heterocycles. The number of nitrogens with one attached hydrogen (secondary N) is 1. The second-order valence-corrected chi connectivity index (χ2v) is 6.64. The Labute approximate surface area is 150 Å². The zero-order chi connectivity index (χ0) is 17.5. The second kappa shape index (κ2) is 6.26. The Morgan fingerprint density at radius 1 is 1.25 bits per heavy atom. The molecule has 0 unspecified atom stereocenters. The fourth-order valence-corrected chi connectivity index (χ4v) is 3.54. The van der Waals surface area contributed by atoms with Gasteiger partial charge in [-0.2, -0.15) is 0 Å². The summed E-state index contributed by atoms with van der Waals surface area (Å²) in [6, 6.07) is 5.33. The minimum absolute atomic E-state index is 0.224. The van der Waals surface area contributed by atoms with Crippen LogP contribution < -0.4 is 10.2 Å². The summed E-state index contributed by atoms with van der Waals surface area (Å²) in [4.78, 5) is 33.1. The minimum atomic E-state index is -1.04. The van der Waals surface area contributed by atoms with E-state index in [1.165, 1.54) is 4.90 Å². The molecule has 1 fully saturated rings. The van der Waals surface area contributed by atoms with Gasteiger partial charge in [0.2, 0.25) is 17.8 Å². The summed E-state index contributed by atoms with van der Waals surface area (Å²) in [5.74, 6) is -0.198. The van der Waals surface area contributed by atoms with Crippen molar-refractivity contribution in [2.24, 2.45) is 10.4 Å². The quantitative estimate of drug-likeness (QED) is 0.834. The number of anilines is 1. The fraction of sp³-hybridized carbons (Fsp3) is 0.438. The molecule has 3 rings (SSSR count). The SMILES string of the molecule is CCC1(CC)C(=O)NC2=NCN(c3cccc(Cl)c3Cl)CN2C1=O.